The van der Waals surface area contributed by atoms with Crippen molar-refractivity contribution in [1.29, 1.82) is 0 Å². The zero-order valence-electron chi connectivity index (χ0n) is 15.2. The first-order chi connectivity index (χ1) is 12.9. The van der Waals surface area contributed by atoms with Crippen LogP contribution >= 0.6 is 0 Å². The number of benzene rings is 1. The lowest BCUT2D eigenvalue weighted by Crippen LogP contribution is -2.52. The molecule has 0 aromatic heterocycles. The number of nitrogens with two attached hydrogens (primary N) is 2. The molecule has 2 saturated heterocycles. The van der Waals surface area contributed by atoms with Gasteiger partial charge in [-0.2, -0.15) is 0 Å². The third-order valence-corrected chi connectivity index (χ3v) is 5.66. The van der Waals surface area contributed by atoms with Gasteiger partial charge in [-0.25, -0.2) is 0 Å². The highest BCUT2D eigenvalue weighted by Crippen LogP contribution is 2.30. The van der Waals surface area contributed by atoms with Crippen molar-refractivity contribution >= 4 is 17.7 Å². The molecule has 144 valence electrons. The lowest BCUT2D eigenvalue weighted by Gasteiger charge is -2.35. The molecule has 3 heterocycles. The Kier molecular flexibility index (Phi) is 4.71. The van der Waals surface area contributed by atoms with Gasteiger partial charge in [0.1, 0.15) is 6.04 Å². The van der Waals surface area contributed by atoms with Gasteiger partial charge in [-0.05, 0) is 30.0 Å². The summed E-state index contributed by atoms with van der Waals surface area (Å²) in [6.45, 7) is 2.63. The van der Waals surface area contributed by atoms with Crippen molar-refractivity contribution in [2.24, 2.45) is 11.5 Å². The molecule has 3 amide bonds. The number of amides is 3. The van der Waals surface area contributed by atoms with Gasteiger partial charge in [-0.1, -0.05) is 12.1 Å². The molecule has 0 spiro atoms. The quantitative estimate of drug-likeness (QED) is 0.605. The van der Waals surface area contributed by atoms with Crippen LogP contribution in [0.25, 0.3) is 0 Å². The second-order valence-electron chi connectivity index (χ2n) is 7.79. The largest absolute Gasteiger partial charge is 0.326 e. The molecule has 0 bridgehead atoms. The summed E-state index contributed by atoms with van der Waals surface area (Å²) in [5.74, 6) is -0.811. The van der Waals surface area contributed by atoms with Crippen molar-refractivity contribution in [3.05, 3.63) is 34.9 Å². The van der Waals surface area contributed by atoms with Crippen molar-refractivity contribution in [2.45, 2.75) is 50.5 Å². The summed E-state index contributed by atoms with van der Waals surface area (Å²) >= 11 is 0. The number of nitrogens with zero attached hydrogens (tertiary/aromatic N) is 2. The minimum Gasteiger partial charge on any atom is -0.326 e. The second kappa shape index (κ2) is 7.03. The van der Waals surface area contributed by atoms with Crippen LogP contribution in [-0.2, 0) is 22.7 Å². The van der Waals surface area contributed by atoms with Crippen LogP contribution < -0.4 is 16.8 Å². The molecule has 8 nitrogen and oxygen atoms in total. The number of carbonyl (C=O) groups is 3. The molecular weight excluding hydrogens is 346 g/mol. The molecule has 2 fully saturated rings. The zero-order valence-corrected chi connectivity index (χ0v) is 15.2. The first-order valence-electron chi connectivity index (χ1n) is 9.41. The van der Waals surface area contributed by atoms with E-state index in [1.807, 2.05) is 12.1 Å². The number of fused-ring (bicyclic) bond motifs is 1. The molecule has 5 N–H and O–H groups in total. The molecule has 1 unspecified atom stereocenters. The average Bonchev–Trinajstić information content (AvgIpc) is 2.92. The average molecular weight is 371 g/mol. The third kappa shape index (κ3) is 3.47. The minimum absolute atomic E-state index is 0.0621. The van der Waals surface area contributed by atoms with E-state index in [1.165, 1.54) is 0 Å². The highest BCUT2D eigenvalue weighted by atomic mass is 16.2. The lowest BCUT2D eigenvalue weighted by molar-refractivity contribution is -0.136. The van der Waals surface area contributed by atoms with Crippen LogP contribution in [0.15, 0.2) is 18.2 Å². The summed E-state index contributed by atoms with van der Waals surface area (Å²) in [6, 6.07) is 5.24. The van der Waals surface area contributed by atoms with Gasteiger partial charge in [0, 0.05) is 50.2 Å². The maximum Gasteiger partial charge on any atom is 0.255 e. The molecule has 27 heavy (non-hydrogen) atoms. The predicted molar refractivity (Wildman–Crippen MR) is 98.3 cm³/mol. The molecule has 1 aromatic carbocycles. The summed E-state index contributed by atoms with van der Waals surface area (Å²) in [4.78, 5) is 40.3. The summed E-state index contributed by atoms with van der Waals surface area (Å²) in [5, 5.41) is 2.34. The Balaban J connectivity index is 1.54. The predicted octanol–water partition coefficient (Wildman–Crippen LogP) is -0.692. The first kappa shape index (κ1) is 18.1. The normalized spacial score (nSPS) is 29.0. The first-order valence-corrected chi connectivity index (χ1v) is 9.41. The van der Waals surface area contributed by atoms with Crippen LogP contribution in [0.4, 0.5) is 0 Å². The van der Waals surface area contributed by atoms with E-state index in [1.54, 1.807) is 11.0 Å². The van der Waals surface area contributed by atoms with Crippen molar-refractivity contribution in [3.8, 4) is 0 Å². The van der Waals surface area contributed by atoms with Crippen molar-refractivity contribution in [3.63, 3.8) is 0 Å². The van der Waals surface area contributed by atoms with Crippen LogP contribution in [0.1, 0.15) is 40.7 Å². The Morgan fingerprint density at radius 2 is 1.85 bits per heavy atom. The highest BCUT2D eigenvalue weighted by Gasteiger charge is 2.40. The third-order valence-electron chi connectivity index (χ3n) is 5.66. The Bertz CT molecular complexity index is 786. The van der Waals surface area contributed by atoms with Crippen molar-refractivity contribution < 1.29 is 14.4 Å². The Hall–Kier alpha value is -2.29. The Labute approximate surface area is 157 Å². The summed E-state index contributed by atoms with van der Waals surface area (Å²) in [7, 11) is 0. The molecular formula is C19H25N5O3. The summed E-state index contributed by atoms with van der Waals surface area (Å²) < 4.78 is 0. The summed E-state index contributed by atoms with van der Waals surface area (Å²) in [5.41, 5.74) is 14.9. The number of rotatable bonds is 3. The van der Waals surface area contributed by atoms with Crippen molar-refractivity contribution in [1.82, 2.24) is 15.1 Å². The Morgan fingerprint density at radius 3 is 2.56 bits per heavy atom. The van der Waals surface area contributed by atoms with Gasteiger partial charge in [0.25, 0.3) is 5.91 Å². The number of piperidine rings is 2. The van der Waals surface area contributed by atoms with E-state index < -0.39 is 6.04 Å². The number of hydrogen-bond donors (Lipinski definition) is 3. The number of carbonyl (C=O) groups excluding carboxylic acids is 3. The number of imide groups is 1. The van der Waals surface area contributed by atoms with Crippen LogP contribution in [0.3, 0.4) is 0 Å². The van der Waals surface area contributed by atoms with Gasteiger partial charge in [0.15, 0.2) is 0 Å². The van der Waals surface area contributed by atoms with E-state index in [-0.39, 0.29) is 36.2 Å². The zero-order chi connectivity index (χ0) is 19.1. The van der Waals surface area contributed by atoms with E-state index in [0.717, 1.165) is 30.6 Å². The standard InChI is InChI=1S/C19H25N5O3/c20-12-6-13(21)9-23(8-12)7-11-2-1-3-14-15(11)10-24(19(14)27)16-4-5-17(25)22-18(16)26/h1-3,12-13,16H,4-10,20-21H2,(H,22,25,26)/t12-,13-,16?/m0/s1. The molecule has 3 atom stereocenters. The van der Waals surface area contributed by atoms with Gasteiger partial charge >= 0.3 is 0 Å². The SMILES string of the molecule is N[C@H]1C[C@H](N)CN(Cc2cccc3c2CN(C2CCC(=O)NC2=O)C3=O)C1. The fourth-order valence-electron chi connectivity index (χ4n) is 4.44. The van der Waals surface area contributed by atoms with Crippen LogP contribution in [0.2, 0.25) is 0 Å². The molecule has 0 radical (unpaired) electrons. The van der Waals surface area contributed by atoms with Gasteiger partial charge in [-0.3, -0.25) is 24.6 Å². The molecule has 0 aliphatic carbocycles. The van der Waals surface area contributed by atoms with Crippen LogP contribution in [-0.4, -0.2) is 58.7 Å². The van der Waals surface area contributed by atoms with Gasteiger partial charge < -0.3 is 16.4 Å². The molecule has 0 saturated carbocycles. The molecule has 4 rings (SSSR count). The monoisotopic (exact) mass is 371 g/mol. The maximum absolute atomic E-state index is 12.9. The number of hydrogen-bond acceptors (Lipinski definition) is 6. The van der Waals surface area contributed by atoms with Crippen LogP contribution in [0.5, 0.6) is 0 Å². The van der Waals surface area contributed by atoms with Gasteiger partial charge in [0.05, 0.1) is 0 Å². The maximum atomic E-state index is 12.9. The molecule has 3 aliphatic heterocycles. The van der Waals surface area contributed by atoms with E-state index >= 15 is 0 Å². The fourth-order valence-corrected chi connectivity index (χ4v) is 4.44. The van der Waals surface area contributed by atoms with Crippen LogP contribution in [0, 0.1) is 0 Å². The summed E-state index contributed by atoms with van der Waals surface area (Å²) in [6.07, 6.45) is 1.45. The molecule has 3 aliphatic rings. The van der Waals surface area contributed by atoms with E-state index in [4.69, 9.17) is 11.5 Å². The van der Waals surface area contributed by atoms with E-state index in [0.29, 0.717) is 25.1 Å². The number of nitrogens with one attached hydrogen (secondary N) is 1. The molecule has 1 aromatic rings. The fraction of sp³-hybridized carbons (Fsp3) is 0.526. The van der Waals surface area contributed by atoms with Crippen molar-refractivity contribution in [2.75, 3.05) is 13.1 Å². The second-order valence-corrected chi connectivity index (χ2v) is 7.79. The highest BCUT2D eigenvalue weighted by molar-refractivity contribution is 6.05. The smallest absolute Gasteiger partial charge is 0.255 e. The topological polar surface area (TPSA) is 122 Å². The van der Waals surface area contributed by atoms with E-state index in [2.05, 4.69) is 10.2 Å². The molecule has 8 heteroatoms. The number of likely N-dealkylation sites (tertiary alicyclic amines) is 1. The lowest BCUT2D eigenvalue weighted by atomic mass is 9.99. The Morgan fingerprint density at radius 1 is 1.11 bits per heavy atom. The van der Waals surface area contributed by atoms with E-state index in [9.17, 15) is 14.4 Å². The van der Waals surface area contributed by atoms with Gasteiger partial charge in [-0.15, -0.1) is 0 Å². The minimum atomic E-state index is -0.590. The van der Waals surface area contributed by atoms with Gasteiger partial charge in [0.2, 0.25) is 11.8 Å².